The van der Waals surface area contributed by atoms with Gasteiger partial charge in [-0.2, -0.15) is 5.10 Å². The molecule has 6 heterocycles. The molecule has 2 N–H and O–H groups in total. The first kappa shape index (κ1) is 29.8. The van der Waals surface area contributed by atoms with Gasteiger partial charge >= 0.3 is 5.97 Å². The number of fused-ring (bicyclic) bond motifs is 2. The molecule has 2 aromatic carbocycles. The number of hydrogen-bond donors (Lipinski definition) is 2. The molecule has 4 aromatic heterocycles. The number of rotatable bonds is 8. The van der Waals surface area contributed by atoms with E-state index in [9.17, 15) is 14.7 Å². The van der Waals surface area contributed by atoms with E-state index in [1.807, 2.05) is 77.8 Å². The second-order valence-electron chi connectivity index (χ2n) is 12.0. The monoisotopic (exact) mass is 656 g/mol. The predicted molar refractivity (Wildman–Crippen MR) is 186 cm³/mol. The fourth-order valence-corrected chi connectivity index (χ4v) is 7.39. The van der Waals surface area contributed by atoms with Crippen LogP contribution in [-0.2, 0) is 19.5 Å². The molecule has 2 aliphatic rings. The molecule has 12 heteroatoms. The number of nitrogens with one attached hydrogen (secondary N) is 1. The van der Waals surface area contributed by atoms with Crippen molar-refractivity contribution in [2.75, 3.05) is 34.8 Å². The molecule has 0 radical (unpaired) electrons. The highest BCUT2D eigenvalue weighted by atomic mass is 32.1. The van der Waals surface area contributed by atoms with Gasteiger partial charge in [-0.1, -0.05) is 41.7 Å². The minimum atomic E-state index is -1.12. The largest absolute Gasteiger partial charge is 0.476 e. The number of aromatic carboxylic acids is 1. The lowest BCUT2D eigenvalue weighted by molar-refractivity contribution is 0.0691. The Morgan fingerprint density at radius 3 is 2.54 bits per heavy atom. The molecule has 0 saturated carbocycles. The van der Waals surface area contributed by atoms with E-state index in [0.717, 1.165) is 45.9 Å². The standard InChI is InChI=1S/C36H32N8O3S/c45-34(41-36-39-29-10-1-2-11-30(29)48-36)27-9-5-7-23-15-18-43(22-28(23)27)32-14-13-26(33(40-32)35(46)47)24-19-37-44(20-24)21-25-8-6-12-31(38-25)42-16-3-4-17-42/h1-2,5-14,19-20H,3-4,15-18,21-22H2,(H,46,47)(H,39,41,45). The third-order valence-electron chi connectivity index (χ3n) is 8.93. The molecule has 1 amide bonds. The van der Waals surface area contributed by atoms with Crippen LogP contribution < -0.4 is 15.1 Å². The second-order valence-corrected chi connectivity index (χ2v) is 13.1. The lowest BCUT2D eigenvalue weighted by Gasteiger charge is -2.31. The van der Waals surface area contributed by atoms with Gasteiger partial charge in [0, 0.05) is 49.1 Å². The fraction of sp³-hybridized carbons (Fsp3) is 0.222. The van der Waals surface area contributed by atoms with Gasteiger partial charge in [0.2, 0.25) is 0 Å². The first-order chi connectivity index (χ1) is 23.5. The molecule has 0 aliphatic carbocycles. The number of hydrogen-bond acceptors (Lipinski definition) is 9. The number of nitrogens with zero attached hydrogens (tertiary/aromatic N) is 7. The number of thiazole rings is 1. The summed E-state index contributed by atoms with van der Waals surface area (Å²) in [7, 11) is 0. The van der Waals surface area contributed by atoms with E-state index < -0.39 is 5.97 Å². The topological polar surface area (TPSA) is 129 Å². The molecule has 240 valence electrons. The highest BCUT2D eigenvalue weighted by Crippen LogP contribution is 2.31. The maximum Gasteiger partial charge on any atom is 0.355 e. The summed E-state index contributed by atoms with van der Waals surface area (Å²) in [6.07, 6.45) is 6.56. The lowest BCUT2D eigenvalue weighted by atomic mass is 9.94. The third-order valence-corrected chi connectivity index (χ3v) is 9.88. The number of pyridine rings is 2. The van der Waals surface area contributed by atoms with E-state index in [-0.39, 0.29) is 11.6 Å². The number of carbonyl (C=O) groups is 2. The van der Waals surface area contributed by atoms with Crippen molar-refractivity contribution in [3.63, 3.8) is 0 Å². The number of aromatic nitrogens is 5. The van der Waals surface area contributed by atoms with E-state index >= 15 is 0 Å². The molecule has 2 aliphatic heterocycles. The predicted octanol–water partition coefficient (Wildman–Crippen LogP) is 6.11. The number of carboxylic acid groups (broad SMARTS) is 1. The van der Waals surface area contributed by atoms with Gasteiger partial charge in [-0.15, -0.1) is 0 Å². The van der Waals surface area contributed by atoms with Crippen molar-refractivity contribution < 1.29 is 14.7 Å². The van der Waals surface area contributed by atoms with Crippen LogP contribution in [0.1, 0.15) is 50.5 Å². The van der Waals surface area contributed by atoms with Crippen molar-refractivity contribution in [2.45, 2.75) is 32.4 Å². The quantitative estimate of drug-likeness (QED) is 0.199. The van der Waals surface area contributed by atoms with Crippen molar-refractivity contribution in [2.24, 2.45) is 0 Å². The van der Waals surface area contributed by atoms with Crippen LogP contribution in [0.25, 0.3) is 21.3 Å². The minimum absolute atomic E-state index is 0.0473. The number of amides is 1. The maximum absolute atomic E-state index is 13.5. The molecular weight excluding hydrogens is 625 g/mol. The zero-order chi connectivity index (χ0) is 32.6. The Bertz CT molecular complexity index is 2140. The van der Waals surface area contributed by atoms with Gasteiger partial charge in [-0.3, -0.25) is 14.8 Å². The summed E-state index contributed by atoms with van der Waals surface area (Å²) in [5.41, 5.74) is 5.40. The average molecular weight is 657 g/mol. The van der Waals surface area contributed by atoms with Gasteiger partial charge in [0.25, 0.3) is 5.91 Å². The van der Waals surface area contributed by atoms with E-state index in [2.05, 4.69) is 25.3 Å². The number of benzene rings is 2. The Morgan fingerprint density at radius 2 is 1.69 bits per heavy atom. The van der Waals surface area contributed by atoms with Gasteiger partial charge in [0.1, 0.15) is 11.6 Å². The summed E-state index contributed by atoms with van der Waals surface area (Å²) in [5.74, 6) is 0.176. The SMILES string of the molecule is O=C(Nc1nc2ccccc2s1)c1cccc2c1CN(c1ccc(-c3cnn(Cc4cccc(N5CCCC5)n4)c3)c(C(=O)O)n1)CC2. The Labute approximate surface area is 280 Å². The number of carbonyl (C=O) groups excluding carboxylic acids is 1. The average Bonchev–Trinajstić information content (AvgIpc) is 3.89. The molecule has 8 rings (SSSR count). The molecular formula is C36H32N8O3S. The Morgan fingerprint density at radius 1 is 0.854 bits per heavy atom. The van der Waals surface area contributed by atoms with Gasteiger partial charge in [0.15, 0.2) is 10.8 Å². The number of anilines is 3. The Balaban J connectivity index is 1.01. The molecule has 0 spiro atoms. The van der Waals surface area contributed by atoms with E-state index in [4.69, 9.17) is 4.98 Å². The molecule has 11 nitrogen and oxygen atoms in total. The first-order valence-corrected chi connectivity index (χ1v) is 16.8. The molecule has 0 unspecified atom stereocenters. The highest BCUT2D eigenvalue weighted by molar-refractivity contribution is 7.22. The van der Waals surface area contributed by atoms with Gasteiger partial charge in [-0.25, -0.2) is 19.7 Å². The van der Waals surface area contributed by atoms with Crippen LogP contribution in [0.15, 0.2) is 85.2 Å². The Hall–Kier alpha value is -5.62. The lowest BCUT2D eigenvalue weighted by Crippen LogP contribution is -2.33. The number of carboxylic acids is 1. The summed E-state index contributed by atoms with van der Waals surface area (Å²) in [5, 5.41) is 18.2. The van der Waals surface area contributed by atoms with E-state index in [0.29, 0.717) is 53.7 Å². The van der Waals surface area contributed by atoms with Crippen LogP contribution in [0.2, 0.25) is 0 Å². The second kappa shape index (κ2) is 12.5. The zero-order valence-electron chi connectivity index (χ0n) is 26.0. The molecule has 0 bridgehead atoms. The van der Waals surface area contributed by atoms with Crippen LogP contribution in [0, 0.1) is 0 Å². The van der Waals surface area contributed by atoms with E-state index in [1.54, 1.807) is 16.9 Å². The van der Waals surface area contributed by atoms with Crippen LogP contribution in [0.3, 0.4) is 0 Å². The van der Waals surface area contributed by atoms with Gasteiger partial charge in [-0.05, 0) is 72.9 Å². The van der Waals surface area contributed by atoms with Crippen LogP contribution in [0.4, 0.5) is 16.8 Å². The maximum atomic E-state index is 13.5. The third kappa shape index (κ3) is 5.86. The molecule has 1 saturated heterocycles. The summed E-state index contributed by atoms with van der Waals surface area (Å²) in [6.45, 7) is 3.58. The van der Waals surface area contributed by atoms with Crippen molar-refractivity contribution in [3.8, 4) is 11.1 Å². The minimum Gasteiger partial charge on any atom is -0.476 e. The van der Waals surface area contributed by atoms with E-state index in [1.165, 1.54) is 24.2 Å². The van der Waals surface area contributed by atoms with Crippen molar-refractivity contribution >= 4 is 50.2 Å². The summed E-state index contributed by atoms with van der Waals surface area (Å²) in [4.78, 5) is 44.3. The number of para-hydroxylation sites is 1. The highest BCUT2D eigenvalue weighted by Gasteiger charge is 2.25. The van der Waals surface area contributed by atoms with Crippen molar-refractivity contribution in [1.29, 1.82) is 0 Å². The Kier molecular flexibility index (Phi) is 7.77. The van der Waals surface area contributed by atoms with Crippen LogP contribution in [-0.4, -0.2) is 61.3 Å². The molecule has 1 fully saturated rings. The zero-order valence-corrected chi connectivity index (χ0v) is 26.9. The van der Waals surface area contributed by atoms with Crippen LogP contribution in [0.5, 0.6) is 0 Å². The first-order valence-electron chi connectivity index (χ1n) is 16.0. The normalized spacial score (nSPS) is 14.3. The molecule has 6 aromatic rings. The van der Waals surface area contributed by atoms with Crippen molar-refractivity contribution in [3.05, 3.63) is 113 Å². The van der Waals surface area contributed by atoms with Crippen LogP contribution >= 0.6 is 11.3 Å². The summed E-state index contributed by atoms with van der Waals surface area (Å²) < 4.78 is 2.78. The summed E-state index contributed by atoms with van der Waals surface area (Å²) >= 11 is 1.44. The summed E-state index contributed by atoms with van der Waals surface area (Å²) in [6, 6.07) is 23.2. The van der Waals surface area contributed by atoms with Crippen molar-refractivity contribution in [1.82, 2.24) is 24.7 Å². The van der Waals surface area contributed by atoms with Gasteiger partial charge < -0.3 is 14.9 Å². The van der Waals surface area contributed by atoms with Gasteiger partial charge in [0.05, 0.1) is 28.7 Å². The molecule has 0 atom stereocenters. The smallest absolute Gasteiger partial charge is 0.355 e. The molecule has 48 heavy (non-hydrogen) atoms. The fourth-order valence-electron chi connectivity index (χ4n) is 6.53.